The van der Waals surface area contributed by atoms with Crippen molar-refractivity contribution in [2.45, 2.75) is 63.0 Å². The van der Waals surface area contributed by atoms with E-state index in [0.29, 0.717) is 0 Å². The van der Waals surface area contributed by atoms with Crippen LogP contribution >= 0.6 is 0 Å². The Hall–Kier alpha value is -1.35. The van der Waals surface area contributed by atoms with Crippen LogP contribution in [0.4, 0.5) is 26.3 Å². The Morgan fingerprint density at radius 3 is 1.71 bits per heavy atom. The number of alkyl halides is 6. The Morgan fingerprint density at radius 2 is 1.32 bits per heavy atom. The summed E-state index contributed by atoms with van der Waals surface area (Å²) in [6.07, 6.45) is 14.3. The van der Waals surface area contributed by atoms with E-state index >= 15 is 0 Å². The summed E-state index contributed by atoms with van der Waals surface area (Å²) >= 11 is 0. The van der Waals surface area contributed by atoms with E-state index in [4.69, 9.17) is 0 Å². The summed E-state index contributed by atoms with van der Waals surface area (Å²) in [6.45, 7) is 3.42. The lowest BCUT2D eigenvalue weighted by atomic mass is 10.1. The highest BCUT2D eigenvalue weighted by Gasteiger charge is 2.46. The first-order chi connectivity index (χ1) is 12.6. The average Bonchev–Trinajstić information content (AvgIpc) is 3.01. The second kappa shape index (κ2) is 11.0. The SMILES string of the molecule is CCCCCCCC[n+]1cc[nH]c1.O=S(=O)([N-]S(=O)(=O)C(F)(F)F)C(F)(F)F. The molecule has 0 aliphatic rings. The second-order valence-electron chi connectivity index (χ2n) is 5.53. The first-order valence-electron chi connectivity index (χ1n) is 8.02. The van der Waals surface area contributed by atoms with Crippen molar-refractivity contribution in [1.29, 1.82) is 0 Å². The summed E-state index contributed by atoms with van der Waals surface area (Å²) in [5.74, 6) is 0. The van der Waals surface area contributed by atoms with Gasteiger partial charge in [-0.3, -0.25) is 4.98 Å². The molecule has 166 valence electrons. The highest BCUT2D eigenvalue weighted by atomic mass is 32.3. The summed E-state index contributed by atoms with van der Waals surface area (Å²) in [6, 6.07) is 0. The molecule has 0 amide bonds. The third-order valence-corrected chi connectivity index (χ3v) is 5.89. The zero-order valence-corrected chi connectivity index (χ0v) is 16.4. The zero-order valence-electron chi connectivity index (χ0n) is 14.8. The number of H-pyrrole nitrogens is 1. The summed E-state index contributed by atoms with van der Waals surface area (Å²) in [7, 11) is -13.4. The summed E-state index contributed by atoms with van der Waals surface area (Å²) in [4.78, 5) is 3.05. The van der Waals surface area contributed by atoms with E-state index in [9.17, 15) is 43.2 Å². The lowest BCUT2D eigenvalue weighted by Gasteiger charge is -2.22. The molecule has 0 atom stereocenters. The Kier molecular flexibility index (Phi) is 10.5. The van der Waals surface area contributed by atoms with Crippen molar-refractivity contribution in [3.63, 3.8) is 0 Å². The maximum Gasteiger partial charge on any atom is 0.480 e. The third-order valence-electron chi connectivity index (χ3n) is 3.15. The monoisotopic (exact) mass is 461 g/mol. The summed E-state index contributed by atoms with van der Waals surface area (Å²) in [5.41, 5.74) is -12.4. The van der Waals surface area contributed by atoms with Gasteiger partial charge in [-0.15, -0.1) is 0 Å². The van der Waals surface area contributed by atoms with E-state index in [1.54, 1.807) is 0 Å². The molecule has 15 heteroatoms. The van der Waals surface area contributed by atoms with Crippen LogP contribution in [0.5, 0.6) is 0 Å². The van der Waals surface area contributed by atoms with Crippen LogP contribution in [0, 0.1) is 0 Å². The molecule has 0 fully saturated rings. The largest absolute Gasteiger partial charge is 0.480 e. The molecule has 0 aromatic carbocycles. The van der Waals surface area contributed by atoms with Gasteiger partial charge in [0.2, 0.25) is 6.33 Å². The van der Waals surface area contributed by atoms with Gasteiger partial charge in [-0.05, 0) is 12.8 Å². The molecule has 1 heterocycles. The maximum absolute atomic E-state index is 11.4. The fraction of sp³-hybridized carbons (Fsp3) is 0.769. The van der Waals surface area contributed by atoms with E-state index in [-0.39, 0.29) is 0 Å². The molecule has 0 saturated carbocycles. The van der Waals surface area contributed by atoms with E-state index in [0.717, 1.165) is 10.7 Å². The van der Waals surface area contributed by atoms with Crippen LogP contribution in [0.15, 0.2) is 18.7 Å². The number of halogens is 6. The maximum atomic E-state index is 11.4. The van der Waals surface area contributed by atoms with Crippen LogP contribution < -0.4 is 4.57 Å². The zero-order chi connectivity index (χ0) is 22.1. The predicted octanol–water partition coefficient (Wildman–Crippen LogP) is 3.72. The van der Waals surface area contributed by atoms with Crippen molar-refractivity contribution in [3.05, 3.63) is 22.8 Å². The summed E-state index contributed by atoms with van der Waals surface area (Å²) in [5, 5.41) is 0. The Morgan fingerprint density at radius 1 is 0.857 bits per heavy atom. The molecule has 0 aliphatic heterocycles. The van der Waals surface area contributed by atoms with Crippen LogP contribution in [0.1, 0.15) is 45.4 Å². The highest BCUT2D eigenvalue weighted by molar-refractivity contribution is 8.13. The van der Waals surface area contributed by atoms with Crippen molar-refractivity contribution in [2.24, 2.45) is 0 Å². The number of sulfonamides is 2. The molecule has 1 aromatic rings. The number of aromatic nitrogens is 2. The van der Waals surface area contributed by atoms with Crippen molar-refractivity contribution < 1.29 is 47.7 Å². The van der Waals surface area contributed by atoms with Gasteiger partial charge in [-0.2, -0.15) is 26.3 Å². The number of nitrogens with one attached hydrogen (secondary N) is 1. The Balaban J connectivity index is 0.000000525. The van der Waals surface area contributed by atoms with E-state index in [1.165, 1.54) is 38.5 Å². The molecule has 0 aliphatic carbocycles. The van der Waals surface area contributed by atoms with Crippen LogP contribution in [0.25, 0.3) is 4.13 Å². The highest BCUT2D eigenvalue weighted by Crippen LogP contribution is 2.36. The van der Waals surface area contributed by atoms with Gasteiger partial charge in [0.1, 0.15) is 12.4 Å². The van der Waals surface area contributed by atoms with E-state index in [1.807, 2.05) is 12.5 Å². The molecule has 0 radical (unpaired) electrons. The standard InChI is InChI=1S/C11H20N2.C2F6NO4S2/c1-2-3-4-5-6-7-9-13-10-8-12-11-13;3-1(4,5)14(10,11)9-15(12,13)2(6,7)8/h8,10-11H,2-7,9H2,1H3;/q;-1/p+1. The minimum atomic E-state index is -6.72. The molecule has 1 rings (SSSR count). The number of unbranched alkanes of at least 4 members (excludes halogenated alkanes) is 5. The number of imidazole rings is 1. The fourth-order valence-electron chi connectivity index (χ4n) is 1.75. The molecule has 28 heavy (non-hydrogen) atoms. The van der Waals surface area contributed by atoms with Gasteiger partial charge < -0.3 is 4.13 Å². The fourth-order valence-corrected chi connectivity index (χ4v) is 3.46. The minimum absolute atomic E-state index is 0.778. The minimum Gasteiger partial charge on any atom is -0.421 e. The molecular weight excluding hydrogens is 440 g/mol. The van der Waals surface area contributed by atoms with Gasteiger partial charge in [0.15, 0.2) is 20.0 Å². The number of hydrogen-bond acceptors (Lipinski definition) is 4. The molecular formula is C13H21F6N3O4S2. The summed E-state index contributed by atoms with van der Waals surface area (Å²) < 4.78 is 111. The number of aromatic amines is 1. The first-order valence-corrected chi connectivity index (χ1v) is 10.9. The lowest BCUT2D eigenvalue weighted by molar-refractivity contribution is -0.696. The molecule has 0 spiro atoms. The molecule has 0 saturated heterocycles. The first kappa shape index (κ1) is 26.6. The van der Waals surface area contributed by atoms with Crippen LogP contribution in [0.2, 0.25) is 0 Å². The van der Waals surface area contributed by atoms with Gasteiger partial charge >= 0.3 is 11.0 Å². The normalized spacial score (nSPS) is 13.1. The van der Waals surface area contributed by atoms with Crippen LogP contribution in [-0.4, -0.2) is 32.8 Å². The van der Waals surface area contributed by atoms with Crippen molar-refractivity contribution in [3.8, 4) is 0 Å². The number of rotatable bonds is 9. The smallest absolute Gasteiger partial charge is 0.421 e. The van der Waals surface area contributed by atoms with Gasteiger partial charge in [0.05, 0.1) is 6.54 Å². The quantitative estimate of drug-likeness (QED) is 0.344. The molecule has 0 unspecified atom stereocenters. The van der Waals surface area contributed by atoms with E-state index in [2.05, 4.69) is 22.7 Å². The molecule has 7 nitrogen and oxygen atoms in total. The van der Waals surface area contributed by atoms with Crippen molar-refractivity contribution >= 4 is 20.0 Å². The number of aryl methyl sites for hydroxylation is 1. The average molecular weight is 461 g/mol. The lowest BCUT2D eigenvalue weighted by Crippen LogP contribution is -2.30. The third kappa shape index (κ3) is 9.73. The van der Waals surface area contributed by atoms with Crippen molar-refractivity contribution in [1.82, 2.24) is 4.98 Å². The van der Waals surface area contributed by atoms with Crippen LogP contribution in [0.3, 0.4) is 0 Å². The molecule has 0 bridgehead atoms. The van der Waals surface area contributed by atoms with Gasteiger partial charge in [0, 0.05) is 0 Å². The van der Waals surface area contributed by atoms with Crippen molar-refractivity contribution in [2.75, 3.05) is 0 Å². The topological polar surface area (TPSA) is 102 Å². The number of nitrogens with zero attached hydrogens (tertiary/aromatic N) is 2. The second-order valence-corrected chi connectivity index (χ2v) is 8.96. The Bertz CT molecular complexity index is 717. The van der Waals surface area contributed by atoms with E-state index < -0.39 is 31.1 Å². The Labute approximate surface area is 159 Å². The van der Waals surface area contributed by atoms with Gasteiger partial charge in [-0.25, -0.2) is 21.4 Å². The number of hydrogen-bond donors (Lipinski definition) is 1. The van der Waals surface area contributed by atoms with Gasteiger partial charge in [0.25, 0.3) is 0 Å². The van der Waals surface area contributed by atoms with Crippen LogP contribution in [-0.2, 0) is 26.6 Å². The van der Waals surface area contributed by atoms with Gasteiger partial charge in [-0.1, -0.05) is 32.6 Å². The molecule has 1 N–H and O–H groups in total. The predicted molar refractivity (Wildman–Crippen MR) is 87.7 cm³/mol. The molecule has 1 aromatic heterocycles.